The van der Waals surface area contributed by atoms with Crippen LogP contribution in [0.4, 0.5) is 0 Å². The Hall–Kier alpha value is -4.06. The lowest BCUT2D eigenvalue weighted by Gasteiger charge is -2.20. The van der Waals surface area contributed by atoms with Gasteiger partial charge in [-0.05, 0) is 96.5 Å². The number of fused-ring (bicyclic) bond motifs is 2. The Bertz CT molecular complexity index is 1440. The van der Waals surface area contributed by atoms with E-state index in [-0.39, 0.29) is 35.7 Å². The van der Waals surface area contributed by atoms with Crippen molar-refractivity contribution in [2.45, 2.75) is 79.3 Å². The number of hydrogen-bond acceptors (Lipinski definition) is 4. The molecule has 0 heterocycles. The van der Waals surface area contributed by atoms with Crippen molar-refractivity contribution in [1.82, 2.24) is 10.6 Å². The summed E-state index contributed by atoms with van der Waals surface area (Å²) >= 11 is 0. The normalized spacial score (nSPS) is 13.9. The number of methoxy groups -OCH3 is 2. The predicted octanol–water partition coefficient (Wildman–Crippen LogP) is 8.23. The summed E-state index contributed by atoms with van der Waals surface area (Å²) in [4.78, 5) is 24.7. The van der Waals surface area contributed by atoms with Crippen LogP contribution < -0.4 is 20.1 Å². The van der Waals surface area contributed by atoms with Crippen molar-refractivity contribution >= 4 is 33.4 Å². The number of carbonyl (C=O) groups excluding carboxylic acids is 2. The van der Waals surface area contributed by atoms with Crippen molar-refractivity contribution in [3.8, 4) is 11.5 Å². The van der Waals surface area contributed by atoms with Crippen molar-refractivity contribution in [3.63, 3.8) is 0 Å². The molecule has 0 unspecified atom stereocenters. The van der Waals surface area contributed by atoms with Crippen LogP contribution >= 0.6 is 0 Å². The van der Waals surface area contributed by atoms with E-state index in [2.05, 4.69) is 50.5 Å². The zero-order valence-electron chi connectivity index (χ0n) is 28.0. The molecule has 4 rings (SSSR count). The summed E-state index contributed by atoms with van der Waals surface area (Å²) in [6.45, 7) is 16.4. The molecule has 6 nitrogen and oxygen atoms in total. The molecule has 4 aromatic carbocycles. The lowest BCUT2D eigenvalue weighted by atomic mass is 9.96. The van der Waals surface area contributed by atoms with Gasteiger partial charge < -0.3 is 20.1 Å². The molecule has 2 amide bonds. The molecule has 44 heavy (non-hydrogen) atoms. The Morgan fingerprint density at radius 3 is 1.14 bits per heavy atom. The quantitative estimate of drug-likeness (QED) is 0.193. The van der Waals surface area contributed by atoms with E-state index in [9.17, 15) is 9.59 Å². The van der Waals surface area contributed by atoms with Gasteiger partial charge in [0, 0.05) is 12.1 Å². The fourth-order valence-electron chi connectivity index (χ4n) is 4.61. The lowest BCUT2D eigenvalue weighted by Crippen LogP contribution is -2.38. The second kappa shape index (κ2) is 15.6. The maximum atomic E-state index is 12.4. The highest BCUT2D eigenvalue weighted by Crippen LogP contribution is 2.27. The Balaban J connectivity index is 0.000000240. The van der Waals surface area contributed by atoms with E-state index in [0.717, 1.165) is 44.2 Å². The molecule has 6 heteroatoms. The number of hydrogen-bond donors (Lipinski definition) is 2. The van der Waals surface area contributed by atoms with E-state index in [1.54, 1.807) is 14.2 Å². The molecule has 0 radical (unpaired) electrons. The molecule has 0 fully saturated rings. The smallest absolute Gasteiger partial charge is 0.227 e. The van der Waals surface area contributed by atoms with Crippen LogP contribution in [0.5, 0.6) is 11.5 Å². The molecule has 2 N–H and O–H groups in total. The minimum absolute atomic E-state index is 0.0778. The van der Waals surface area contributed by atoms with Gasteiger partial charge >= 0.3 is 0 Å². The van der Waals surface area contributed by atoms with E-state index < -0.39 is 0 Å². The summed E-state index contributed by atoms with van der Waals surface area (Å²) in [7, 11) is 3.33. The second-order valence-electron chi connectivity index (χ2n) is 12.5. The average molecular weight is 599 g/mol. The van der Waals surface area contributed by atoms with Crippen LogP contribution in [-0.2, 0) is 9.59 Å². The number of ether oxygens (including phenoxy) is 2. The SMILES string of the molecule is COc1ccc2cc([C@H](C)C(=O)N[C@H](C)C(C)C)ccc2c1.COc1ccc2cc([C@H](C)C(=O)N[C@H](C)C(C)C)ccc2c1. The highest BCUT2D eigenvalue weighted by Gasteiger charge is 2.20. The molecule has 4 atom stereocenters. The van der Waals surface area contributed by atoms with E-state index in [1.165, 1.54) is 0 Å². The molecule has 0 saturated carbocycles. The predicted molar refractivity (Wildman–Crippen MR) is 183 cm³/mol. The van der Waals surface area contributed by atoms with E-state index in [1.807, 2.05) is 88.4 Å². The van der Waals surface area contributed by atoms with Gasteiger partial charge in [-0.15, -0.1) is 0 Å². The Morgan fingerprint density at radius 2 is 0.818 bits per heavy atom. The minimum Gasteiger partial charge on any atom is -0.497 e. The molecule has 0 aliphatic heterocycles. The maximum Gasteiger partial charge on any atom is 0.227 e. The summed E-state index contributed by atoms with van der Waals surface area (Å²) in [5, 5.41) is 10.6. The zero-order chi connectivity index (χ0) is 32.6. The number of nitrogens with one attached hydrogen (secondary N) is 2. The highest BCUT2D eigenvalue weighted by molar-refractivity contribution is 5.89. The molecule has 0 saturated heterocycles. The average Bonchev–Trinajstić information content (AvgIpc) is 3.02. The monoisotopic (exact) mass is 598 g/mol. The highest BCUT2D eigenvalue weighted by atomic mass is 16.5. The number of benzene rings is 4. The minimum atomic E-state index is -0.160. The Morgan fingerprint density at radius 1 is 0.500 bits per heavy atom. The third kappa shape index (κ3) is 8.98. The van der Waals surface area contributed by atoms with Crippen LogP contribution in [0.25, 0.3) is 21.5 Å². The van der Waals surface area contributed by atoms with Crippen molar-refractivity contribution in [2.24, 2.45) is 11.8 Å². The fraction of sp³-hybridized carbons (Fsp3) is 0.421. The first-order valence-corrected chi connectivity index (χ1v) is 15.6. The van der Waals surface area contributed by atoms with Gasteiger partial charge in [-0.25, -0.2) is 0 Å². The first-order valence-electron chi connectivity index (χ1n) is 15.6. The maximum absolute atomic E-state index is 12.4. The largest absolute Gasteiger partial charge is 0.497 e. The van der Waals surface area contributed by atoms with Crippen molar-refractivity contribution in [2.75, 3.05) is 14.2 Å². The van der Waals surface area contributed by atoms with Crippen LogP contribution in [0, 0.1) is 11.8 Å². The zero-order valence-corrected chi connectivity index (χ0v) is 28.0. The third-order valence-electron chi connectivity index (χ3n) is 8.67. The number of rotatable bonds is 10. The lowest BCUT2D eigenvalue weighted by molar-refractivity contribution is -0.123. The first kappa shape index (κ1) is 34.4. The van der Waals surface area contributed by atoms with Crippen LogP contribution in [0.3, 0.4) is 0 Å². The first-order chi connectivity index (χ1) is 20.8. The molecule has 0 spiro atoms. The summed E-state index contributed by atoms with van der Waals surface area (Å²) in [5.74, 6) is 2.39. The molecular formula is C38H50N2O4. The summed E-state index contributed by atoms with van der Waals surface area (Å²) < 4.78 is 10.5. The Labute approximate surface area is 263 Å². The van der Waals surface area contributed by atoms with E-state index in [0.29, 0.717) is 11.8 Å². The third-order valence-corrected chi connectivity index (χ3v) is 8.67. The van der Waals surface area contributed by atoms with Gasteiger partial charge in [-0.3, -0.25) is 9.59 Å². The van der Waals surface area contributed by atoms with Gasteiger partial charge in [0.15, 0.2) is 0 Å². The summed E-state index contributed by atoms with van der Waals surface area (Å²) in [6.07, 6.45) is 0. The number of amides is 2. The molecule has 0 aromatic heterocycles. The molecule has 236 valence electrons. The van der Waals surface area contributed by atoms with E-state index >= 15 is 0 Å². The number of carbonyl (C=O) groups is 2. The van der Waals surface area contributed by atoms with Gasteiger partial charge in [0.25, 0.3) is 0 Å². The van der Waals surface area contributed by atoms with Gasteiger partial charge in [0.2, 0.25) is 11.8 Å². The van der Waals surface area contributed by atoms with Gasteiger partial charge in [-0.2, -0.15) is 0 Å². The van der Waals surface area contributed by atoms with Crippen LogP contribution in [0.1, 0.15) is 78.4 Å². The van der Waals surface area contributed by atoms with Crippen LogP contribution in [0.15, 0.2) is 72.8 Å². The molecular weight excluding hydrogens is 548 g/mol. The van der Waals surface area contributed by atoms with Gasteiger partial charge in [0.05, 0.1) is 26.1 Å². The van der Waals surface area contributed by atoms with Gasteiger partial charge in [-0.1, -0.05) is 76.2 Å². The topological polar surface area (TPSA) is 76.7 Å². The standard InChI is InChI=1S/2C19H25NO2/c2*1-12(2)14(4)20-19(21)13(3)15-6-7-17-11-18(22-5)9-8-16(17)10-15/h2*6-14H,1-5H3,(H,20,21)/t2*13-,14+/m00/s1. The van der Waals surface area contributed by atoms with Crippen molar-refractivity contribution < 1.29 is 19.1 Å². The van der Waals surface area contributed by atoms with Crippen LogP contribution in [-0.4, -0.2) is 38.1 Å². The molecule has 0 bridgehead atoms. The second-order valence-corrected chi connectivity index (χ2v) is 12.5. The summed E-state index contributed by atoms with van der Waals surface area (Å²) in [5.41, 5.74) is 2.07. The van der Waals surface area contributed by atoms with Crippen LogP contribution in [0.2, 0.25) is 0 Å². The Kier molecular flexibility index (Phi) is 12.2. The summed E-state index contributed by atoms with van der Waals surface area (Å²) in [6, 6.07) is 24.6. The van der Waals surface area contributed by atoms with Crippen molar-refractivity contribution in [3.05, 3.63) is 83.9 Å². The van der Waals surface area contributed by atoms with E-state index in [4.69, 9.17) is 9.47 Å². The molecule has 4 aromatic rings. The van der Waals surface area contributed by atoms with Gasteiger partial charge in [0.1, 0.15) is 11.5 Å². The fourth-order valence-corrected chi connectivity index (χ4v) is 4.61. The molecule has 0 aliphatic rings. The molecule has 0 aliphatic carbocycles. The van der Waals surface area contributed by atoms with Crippen molar-refractivity contribution in [1.29, 1.82) is 0 Å².